The summed E-state index contributed by atoms with van der Waals surface area (Å²) in [5, 5.41) is 5.43. The van der Waals surface area contributed by atoms with Crippen LogP contribution >= 0.6 is 11.6 Å². The molecule has 0 bridgehead atoms. The lowest BCUT2D eigenvalue weighted by Gasteiger charge is -2.25. The second kappa shape index (κ2) is 4.12. The van der Waals surface area contributed by atoms with E-state index in [0.717, 1.165) is 0 Å². The summed E-state index contributed by atoms with van der Waals surface area (Å²) in [4.78, 5) is 0. The van der Waals surface area contributed by atoms with E-state index in [1.807, 2.05) is 0 Å². The number of hydrogen-bond acceptors (Lipinski definition) is 4. The van der Waals surface area contributed by atoms with Crippen LogP contribution < -0.4 is 14.6 Å². The highest BCUT2D eigenvalue weighted by Gasteiger charge is 2.24. The number of nitrogens with two attached hydrogens (primary N) is 1. The van der Waals surface area contributed by atoms with Gasteiger partial charge in [-0.1, -0.05) is 11.6 Å². The van der Waals surface area contributed by atoms with Gasteiger partial charge in [-0.3, -0.25) is 0 Å². The second-order valence-corrected chi connectivity index (χ2v) is 5.57. The fourth-order valence-electron chi connectivity index (χ4n) is 1.43. The topological polar surface area (TPSA) is 78.6 Å². The van der Waals surface area contributed by atoms with Crippen LogP contribution in [-0.4, -0.2) is 26.9 Å². The summed E-state index contributed by atoms with van der Waals surface area (Å²) in [6.45, 7) is 0.158. The number of fused-ring (bicyclic) bond motifs is 1. The number of sulfonamides is 1. The van der Waals surface area contributed by atoms with E-state index in [1.165, 1.54) is 0 Å². The molecule has 7 heteroatoms. The maximum Gasteiger partial charge on any atom is 0.212 e. The molecule has 1 atom stereocenters. The minimum Gasteiger partial charge on any atom is -0.486 e. The van der Waals surface area contributed by atoms with Crippen molar-refractivity contribution in [2.75, 3.05) is 12.4 Å². The maximum absolute atomic E-state index is 10.9. The second-order valence-electron chi connectivity index (χ2n) is 3.47. The van der Waals surface area contributed by atoms with Gasteiger partial charge in [0, 0.05) is 11.1 Å². The first-order valence-electron chi connectivity index (χ1n) is 4.53. The molecular weight excluding hydrogens is 254 g/mol. The van der Waals surface area contributed by atoms with Crippen molar-refractivity contribution in [1.82, 2.24) is 0 Å². The van der Waals surface area contributed by atoms with Gasteiger partial charge >= 0.3 is 0 Å². The van der Waals surface area contributed by atoms with Crippen molar-refractivity contribution in [2.45, 2.75) is 6.10 Å². The van der Waals surface area contributed by atoms with Gasteiger partial charge in [0.05, 0.1) is 0 Å². The lowest BCUT2D eigenvalue weighted by atomic mass is 10.3. The van der Waals surface area contributed by atoms with E-state index >= 15 is 0 Å². The molecule has 1 aliphatic rings. The Labute approximate surface area is 98.2 Å². The van der Waals surface area contributed by atoms with Crippen molar-refractivity contribution in [3.8, 4) is 11.5 Å². The van der Waals surface area contributed by atoms with E-state index in [4.69, 9.17) is 26.2 Å². The molecule has 2 N–H and O–H groups in total. The summed E-state index contributed by atoms with van der Waals surface area (Å²) < 4.78 is 32.5. The third-order valence-corrected chi connectivity index (χ3v) is 3.11. The molecule has 0 saturated carbocycles. The molecule has 1 aliphatic heterocycles. The molecule has 16 heavy (non-hydrogen) atoms. The van der Waals surface area contributed by atoms with Crippen LogP contribution in [-0.2, 0) is 10.0 Å². The Hall–Kier alpha value is -0.980. The average Bonchev–Trinajstić information content (AvgIpc) is 2.14. The Bertz CT molecular complexity index is 502. The van der Waals surface area contributed by atoms with Crippen LogP contribution in [0.25, 0.3) is 0 Å². The molecule has 0 spiro atoms. The molecule has 0 amide bonds. The van der Waals surface area contributed by atoms with Crippen LogP contribution in [0.3, 0.4) is 0 Å². The van der Waals surface area contributed by atoms with Gasteiger partial charge in [-0.2, -0.15) is 0 Å². The highest BCUT2D eigenvalue weighted by atomic mass is 35.5. The van der Waals surface area contributed by atoms with Gasteiger partial charge in [-0.05, 0) is 12.1 Å². The van der Waals surface area contributed by atoms with E-state index in [1.54, 1.807) is 18.2 Å². The van der Waals surface area contributed by atoms with Crippen molar-refractivity contribution in [2.24, 2.45) is 5.14 Å². The number of benzene rings is 1. The third-order valence-electron chi connectivity index (χ3n) is 2.04. The fourth-order valence-corrected chi connectivity index (χ4v) is 2.28. The Kier molecular flexibility index (Phi) is 2.96. The lowest BCUT2D eigenvalue weighted by Crippen LogP contribution is -2.37. The SMILES string of the molecule is NS(=O)(=O)CC1COc2ccc(Cl)cc2O1. The van der Waals surface area contributed by atoms with E-state index < -0.39 is 16.1 Å². The fraction of sp³-hybridized carbons (Fsp3) is 0.333. The van der Waals surface area contributed by atoms with Gasteiger partial charge in [0.15, 0.2) is 11.5 Å². The number of halogens is 1. The van der Waals surface area contributed by atoms with Crippen molar-refractivity contribution in [3.05, 3.63) is 23.2 Å². The largest absolute Gasteiger partial charge is 0.486 e. The zero-order valence-electron chi connectivity index (χ0n) is 8.22. The first kappa shape index (κ1) is 11.5. The predicted molar refractivity (Wildman–Crippen MR) is 59.3 cm³/mol. The van der Waals surface area contributed by atoms with Crippen LogP contribution in [0.1, 0.15) is 0 Å². The summed E-state index contributed by atoms with van der Waals surface area (Å²) in [5.74, 6) is 0.710. The van der Waals surface area contributed by atoms with E-state index in [9.17, 15) is 8.42 Å². The summed E-state index contributed by atoms with van der Waals surface area (Å²) in [6.07, 6.45) is -0.596. The lowest BCUT2D eigenvalue weighted by molar-refractivity contribution is 0.106. The zero-order chi connectivity index (χ0) is 11.8. The van der Waals surface area contributed by atoms with Gasteiger partial charge in [-0.15, -0.1) is 0 Å². The first-order valence-corrected chi connectivity index (χ1v) is 6.63. The van der Waals surface area contributed by atoms with Crippen molar-refractivity contribution in [1.29, 1.82) is 0 Å². The van der Waals surface area contributed by atoms with Gasteiger partial charge in [-0.25, -0.2) is 13.6 Å². The molecule has 88 valence electrons. The highest BCUT2D eigenvalue weighted by Crippen LogP contribution is 2.34. The van der Waals surface area contributed by atoms with Gasteiger partial charge in [0.1, 0.15) is 18.5 Å². The average molecular weight is 264 g/mol. The van der Waals surface area contributed by atoms with Crippen LogP contribution in [0, 0.1) is 0 Å². The standard InChI is InChI=1S/C9H10ClNO4S/c10-6-1-2-8-9(3-6)15-7(4-14-8)5-16(11,12)13/h1-3,7H,4-5H2,(H2,11,12,13). The quantitative estimate of drug-likeness (QED) is 0.855. The van der Waals surface area contributed by atoms with Crippen LogP contribution in [0.2, 0.25) is 5.02 Å². The Morgan fingerprint density at radius 3 is 2.88 bits per heavy atom. The van der Waals surface area contributed by atoms with Crippen molar-refractivity contribution < 1.29 is 17.9 Å². The Morgan fingerprint density at radius 2 is 2.19 bits per heavy atom. The molecule has 1 aromatic rings. The van der Waals surface area contributed by atoms with Crippen molar-refractivity contribution >= 4 is 21.6 Å². The molecule has 0 radical (unpaired) electrons. The monoisotopic (exact) mass is 263 g/mol. The molecule has 5 nitrogen and oxygen atoms in total. The third kappa shape index (κ3) is 2.78. The summed E-state index contributed by atoms with van der Waals surface area (Å²) in [6, 6.07) is 4.92. The molecule has 2 rings (SSSR count). The summed E-state index contributed by atoms with van der Waals surface area (Å²) in [7, 11) is -3.57. The normalized spacial score (nSPS) is 19.5. The first-order chi connectivity index (χ1) is 7.44. The number of ether oxygens (including phenoxy) is 2. The van der Waals surface area contributed by atoms with Crippen molar-refractivity contribution in [3.63, 3.8) is 0 Å². The molecule has 0 saturated heterocycles. The summed E-state index contributed by atoms with van der Waals surface area (Å²) in [5.41, 5.74) is 0. The maximum atomic E-state index is 10.9. The molecule has 0 aliphatic carbocycles. The Morgan fingerprint density at radius 1 is 1.44 bits per heavy atom. The number of hydrogen-bond donors (Lipinski definition) is 1. The number of primary sulfonamides is 1. The van der Waals surface area contributed by atoms with Crippen LogP contribution in [0.15, 0.2) is 18.2 Å². The predicted octanol–water partition coefficient (Wildman–Crippen LogP) is 0.768. The highest BCUT2D eigenvalue weighted by molar-refractivity contribution is 7.89. The zero-order valence-corrected chi connectivity index (χ0v) is 9.79. The molecule has 1 unspecified atom stereocenters. The molecule has 1 heterocycles. The van der Waals surface area contributed by atoms with Gasteiger partial charge in [0.2, 0.25) is 10.0 Å². The molecule has 0 aromatic heterocycles. The smallest absolute Gasteiger partial charge is 0.212 e. The van der Waals surface area contributed by atoms with Gasteiger partial charge in [0.25, 0.3) is 0 Å². The van der Waals surface area contributed by atoms with Gasteiger partial charge < -0.3 is 9.47 Å². The summed E-state index contributed by atoms with van der Waals surface area (Å²) >= 11 is 5.78. The molecule has 0 fully saturated rings. The molecular formula is C9H10ClNO4S. The van der Waals surface area contributed by atoms with E-state index in [2.05, 4.69) is 0 Å². The van der Waals surface area contributed by atoms with E-state index in [-0.39, 0.29) is 12.4 Å². The Balaban J connectivity index is 2.17. The van der Waals surface area contributed by atoms with Crippen LogP contribution in [0.5, 0.6) is 11.5 Å². The minimum atomic E-state index is -3.57. The van der Waals surface area contributed by atoms with E-state index in [0.29, 0.717) is 16.5 Å². The van der Waals surface area contributed by atoms with Crippen LogP contribution in [0.4, 0.5) is 0 Å². The minimum absolute atomic E-state index is 0.158. The molecule has 1 aromatic carbocycles. The number of rotatable bonds is 2.